The maximum absolute atomic E-state index is 11.9. The van der Waals surface area contributed by atoms with Gasteiger partial charge in [0.05, 0.1) is 12.6 Å². The molecule has 0 radical (unpaired) electrons. The van der Waals surface area contributed by atoms with Gasteiger partial charge in [0.2, 0.25) is 5.91 Å². The van der Waals surface area contributed by atoms with Crippen LogP contribution in [-0.2, 0) is 16.0 Å². The quantitative estimate of drug-likeness (QED) is 0.715. The van der Waals surface area contributed by atoms with E-state index in [-0.39, 0.29) is 18.6 Å². The number of hydrogen-bond acceptors (Lipinski definition) is 3. The summed E-state index contributed by atoms with van der Waals surface area (Å²) in [6.07, 6.45) is 1.02. The zero-order valence-electron chi connectivity index (χ0n) is 12.7. The first-order valence-corrected chi connectivity index (χ1v) is 7.24. The zero-order chi connectivity index (χ0) is 15.0. The van der Waals surface area contributed by atoms with Crippen molar-refractivity contribution >= 4 is 5.91 Å². The first kappa shape index (κ1) is 16.7. The van der Waals surface area contributed by atoms with Gasteiger partial charge in [0, 0.05) is 6.54 Å². The molecule has 0 aliphatic rings. The predicted octanol–water partition coefficient (Wildman–Crippen LogP) is 2.04. The van der Waals surface area contributed by atoms with Crippen molar-refractivity contribution in [2.24, 2.45) is 11.7 Å². The monoisotopic (exact) mass is 278 g/mol. The fraction of sp³-hybridized carbons (Fsp3) is 0.562. The van der Waals surface area contributed by atoms with Crippen LogP contribution >= 0.6 is 0 Å². The summed E-state index contributed by atoms with van der Waals surface area (Å²) in [5, 5.41) is 3.02. The van der Waals surface area contributed by atoms with Crippen molar-refractivity contribution in [2.75, 3.05) is 19.8 Å². The Labute approximate surface area is 121 Å². The second kappa shape index (κ2) is 8.72. The van der Waals surface area contributed by atoms with Gasteiger partial charge in [0.1, 0.15) is 6.61 Å². The maximum Gasteiger partial charge on any atom is 0.246 e. The SMILES string of the molecule is CCc1ccc(C(NC(=O)COCCN)C(C)C)cc1. The molecular formula is C16H26N2O2. The van der Waals surface area contributed by atoms with Gasteiger partial charge >= 0.3 is 0 Å². The van der Waals surface area contributed by atoms with Crippen LogP contribution < -0.4 is 11.1 Å². The summed E-state index contributed by atoms with van der Waals surface area (Å²) in [6, 6.07) is 8.41. The van der Waals surface area contributed by atoms with Crippen LogP contribution in [0.15, 0.2) is 24.3 Å². The predicted molar refractivity (Wildman–Crippen MR) is 81.4 cm³/mol. The minimum absolute atomic E-state index is 0.00915. The number of aryl methyl sites for hydroxylation is 1. The smallest absolute Gasteiger partial charge is 0.246 e. The lowest BCUT2D eigenvalue weighted by Gasteiger charge is -2.23. The molecule has 4 heteroatoms. The average molecular weight is 278 g/mol. The van der Waals surface area contributed by atoms with Gasteiger partial charge in [-0.05, 0) is 23.5 Å². The van der Waals surface area contributed by atoms with Crippen LogP contribution in [0.25, 0.3) is 0 Å². The Morgan fingerprint density at radius 1 is 1.30 bits per heavy atom. The molecule has 0 heterocycles. The highest BCUT2D eigenvalue weighted by atomic mass is 16.5. The van der Waals surface area contributed by atoms with Gasteiger partial charge in [-0.1, -0.05) is 45.0 Å². The lowest BCUT2D eigenvalue weighted by molar-refractivity contribution is -0.126. The molecule has 0 fully saturated rings. The Morgan fingerprint density at radius 2 is 1.95 bits per heavy atom. The number of benzene rings is 1. The van der Waals surface area contributed by atoms with Crippen molar-refractivity contribution in [3.8, 4) is 0 Å². The van der Waals surface area contributed by atoms with E-state index in [2.05, 4.69) is 50.4 Å². The number of hydrogen-bond donors (Lipinski definition) is 2. The summed E-state index contributed by atoms with van der Waals surface area (Å²) in [5.74, 6) is 0.220. The summed E-state index contributed by atoms with van der Waals surface area (Å²) in [6.45, 7) is 7.22. The number of ether oxygens (including phenoxy) is 1. The molecule has 1 aromatic rings. The van der Waals surface area contributed by atoms with Crippen molar-refractivity contribution in [3.63, 3.8) is 0 Å². The third kappa shape index (κ3) is 5.31. The molecule has 3 N–H and O–H groups in total. The molecule has 0 aliphatic heterocycles. The van der Waals surface area contributed by atoms with Gasteiger partial charge in [-0.15, -0.1) is 0 Å². The van der Waals surface area contributed by atoms with Crippen molar-refractivity contribution in [2.45, 2.75) is 33.2 Å². The lowest BCUT2D eigenvalue weighted by Crippen LogP contribution is -2.34. The van der Waals surface area contributed by atoms with Crippen molar-refractivity contribution in [3.05, 3.63) is 35.4 Å². The first-order valence-electron chi connectivity index (χ1n) is 7.24. The molecule has 0 saturated carbocycles. The summed E-state index contributed by atoms with van der Waals surface area (Å²) in [7, 11) is 0. The van der Waals surface area contributed by atoms with E-state index in [1.807, 2.05) is 0 Å². The standard InChI is InChI=1S/C16H26N2O2/c1-4-13-5-7-14(8-6-13)16(12(2)3)18-15(19)11-20-10-9-17/h5-8,12,16H,4,9-11,17H2,1-3H3,(H,18,19). The summed E-state index contributed by atoms with van der Waals surface area (Å²) >= 11 is 0. The van der Waals surface area contributed by atoms with Crippen LogP contribution in [0.3, 0.4) is 0 Å². The van der Waals surface area contributed by atoms with Gasteiger partial charge < -0.3 is 15.8 Å². The van der Waals surface area contributed by atoms with Gasteiger partial charge in [-0.25, -0.2) is 0 Å². The summed E-state index contributed by atoms with van der Waals surface area (Å²) in [5.41, 5.74) is 7.75. The Kier molecular flexibility index (Phi) is 7.26. The molecule has 0 spiro atoms. The summed E-state index contributed by atoms with van der Waals surface area (Å²) < 4.78 is 5.16. The fourth-order valence-corrected chi connectivity index (χ4v) is 2.06. The topological polar surface area (TPSA) is 64.3 Å². The van der Waals surface area contributed by atoms with E-state index in [1.54, 1.807) is 0 Å². The van der Waals surface area contributed by atoms with Crippen LogP contribution in [0.5, 0.6) is 0 Å². The van der Waals surface area contributed by atoms with Crippen LogP contribution in [-0.4, -0.2) is 25.7 Å². The highest BCUT2D eigenvalue weighted by Gasteiger charge is 2.18. The van der Waals surface area contributed by atoms with Crippen LogP contribution in [0, 0.1) is 5.92 Å². The molecule has 0 bridgehead atoms. The molecule has 1 amide bonds. The molecular weight excluding hydrogens is 252 g/mol. The normalized spacial score (nSPS) is 12.4. The number of rotatable bonds is 8. The highest BCUT2D eigenvalue weighted by Crippen LogP contribution is 2.22. The minimum Gasteiger partial charge on any atom is -0.370 e. The second-order valence-electron chi connectivity index (χ2n) is 5.23. The Hall–Kier alpha value is -1.39. The zero-order valence-corrected chi connectivity index (χ0v) is 12.7. The molecule has 4 nitrogen and oxygen atoms in total. The Bertz CT molecular complexity index is 401. The number of nitrogens with one attached hydrogen (secondary N) is 1. The first-order chi connectivity index (χ1) is 9.58. The molecule has 1 rings (SSSR count). The number of amides is 1. The van der Waals surface area contributed by atoms with Gasteiger partial charge in [0.25, 0.3) is 0 Å². The lowest BCUT2D eigenvalue weighted by atomic mass is 9.95. The molecule has 112 valence electrons. The van der Waals surface area contributed by atoms with Gasteiger partial charge in [0.15, 0.2) is 0 Å². The fourth-order valence-electron chi connectivity index (χ4n) is 2.06. The molecule has 20 heavy (non-hydrogen) atoms. The number of nitrogens with two attached hydrogens (primary N) is 1. The van der Waals surface area contributed by atoms with Crippen molar-refractivity contribution < 1.29 is 9.53 Å². The molecule has 0 saturated heterocycles. The van der Waals surface area contributed by atoms with E-state index < -0.39 is 0 Å². The van der Waals surface area contributed by atoms with E-state index >= 15 is 0 Å². The Morgan fingerprint density at radius 3 is 2.45 bits per heavy atom. The maximum atomic E-state index is 11.9. The molecule has 0 aliphatic carbocycles. The van der Waals surface area contributed by atoms with Crippen molar-refractivity contribution in [1.29, 1.82) is 0 Å². The van der Waals surface area contributed by atoms with E-state index in [9.17, 15) is 4.79 Å². The largest absolute Gasteiger partial charge is 0.370 e. The van der Waals surface area contributed by atoms with Gasteiger partial charge in [-0.2, -0.15) is 0 Å². The van der Waals surface area contributed by atoms with Crippen molar-refractivity contribution in [1.82, 2.24) is 5.32 Å². The number of carbonyl (C=O) groups is 1. The highest BCUT2D eigenvalue weighted by molar-refractivity contribution is 5.77. The van der Waals surface area contributed by atoms with Crippen LogP contribution in [0.2, 0.25) is 0 Å². The van der Waals surface area contributed by atoms with E-state index in [4.69, 9.17) is 10.5 Å². The molecule has 0 aromatic heterocycles. The van der Waals surface area contributed by atoms with E-state index in [0.717, 1.165) is 12.0 Å². The second-order valence-corrected chi connectivity index (χ2v) is 5.23. The minimum atomic E-state index is -0.100. The average Bonchev–Trinajstić information content (AvgIpc) is 2.45. The molecule has 1 atom stereocenters. The molecule has 1 unspecified atom stereocenters. The van der Waals surface area contributed by atoms with Crippen LogP contribution in [0.4, 0.5) is 0 Å². The molecule has 1 aromatic carbocycles. The van der Waals surface area contributed by atoms with E-state index in [1.165, 1.54) is 5.56 Å². The van der Waals surface area contributed by atoms with Crippen LogP contribution in [0.1, 0.15) is 37.9 Å². The van der Waals surface area contributed by atoms with E-state index in [0.29, 0.717) is 19.1 Å². The Balaban J connectivity index is 2.65. The van der Waals surface area contributed by atoms with Gasteiger partial charge in [-0.3, -0.25) is 4.79 Å². The third-order valence-electron chi connectivity index (χ3n) is 3.23. The number of carbonyl (C=O) groups excluding carboxylic acids is 1. The third-order valence-corrected chi connectivity index (χ3v) is 3.23. The summed E-state index contributed by atoms with van der Waals surface area (Å²) in [4.78, 5) is 11.9.